The van der Waals surface area contributed by atoms with Crippen LogP contribution in [-0.4, -0.2) is 36.1 Å². The van der Waals surface area contributed by atoms with Gasteiger partial charge in [0.1, 0.15) is 5.82 Å². The molecular weight excluding hydrogens is 224 g/mol. The van der Waals surface area contributed by atoms with Crippen molar-refractivity contribution in [3.63, 3.8) is 0 Å². The minimum absolute atomic E-state index is 0.616. The van der Waals surface area contributed by atoms with Crippen molar-refractivity contribution in [2.45, 2.75) is 26.7 Å². The maximum atomic E-state index is 5.94. The van der Waals surface area contributed by atoms with Gasteiger partial charge in [-0.25, -0.2) is 4.98 Å². The number of hydrogen-bond donors (Lipinski definition) is 2. The Morgan fingerprint density at radius 2 is 2.17 bits per heavy atom. The lowest BCUT2D eigenvalue weighted by Crippen LogP contribution is -2.29. The van der Waals surface area contributed by atoms with Crippen molar-refractivity contribution >= 4 is 11.5 Å². The number of nitrogens with two attached hydrogens (primary N) is 1. The van der Waals surface area contributed by atoms with Crippen molar-refractivity contribution in [2.75, 3.05) is 37.2 Å². The Bertz CT molecular complexity index is 385. The number of anilines is 2. The minimum atomic E-state index is 0.616. The number of aryl methyl sites for hydroxylation is 1. The van der Waals surface area contributed by atoms with Crippen molar-refractivity contribution < 1.29 is 0 Å². The zero-order valence-electron chi connectivity index (χ0n) is 11.4. The summed E-state index contributed by atoms with van der Waals surface area (Å²) in [5, 5.41) is 3.35. The average Bonchev–Trinajstić information content (AvgIpc) is 2.80. The van der Waals surface area contributed by atoms with E-state index in [0.717, 1.165) is 23.6 Å². The number of nitrogens with one attached hydrogen (secondary N) is 1. The molecule has 1 atom stereocenters. The van der Waals surface area contributed by atoms with E-state index in [-0.39, 0.29) is 0 Å². The molecule has 4 heteroatoms. The third kappa shape index (κ3) is 3.60. The van der Waals surface area contributed by atoms with Gasteiger partial charge in [-0.1, -0.05) is 6.92 Å². The van der Waals surface area contributed by atoms with Crippen LogP contribution in [0.4, 0.5) is 11.5 Å². The van der Waals surface area contributed by atoms with Crippen LogP contribution in [0.5, 0.6) is 0 Å². The summed E-state index contributed by atoms with van der Waals surface area (Å²) in [5.41, 5.74) is 7.78. The molecule has 1 fully saturated rings. The lowest BCUT2D eigenvalue weighted by Gasteiger charge is -2.21. The van der Waals surface area contributed by atoms with Crippen LogP contribution in [0.2, 0.25) is 0 Å². The molecule has 0 aromatic carbocycles. The molecule has 1 aromatic rings. The summed E-state index contributed by atoms with van der Waals surface area (Å²) in [6.07, 6.45) is 4.56. The molecule has 1 aliphatic heterocycles. The van der Waals surface area contributed by atoms with Crippen LogP contribution in [0.25, 0.3) is 0 Å². The number of nitrogens with zero attached hydrogens (tertiary/aromatic N) is 2. The van der Waals surface area contributed by atoms with E-state index in [4.69, 9.17) is 5.73 Å². The minimum Gasteiger partial charge on any atom is -0.396 e. The number of aromatic nitrogens is 1. The van der Waals surface area contributed by atoms with E-state index in [1.165, 1.54) is 32.5 Å². The molecule has 0 amide bonds. The molecule has 1 saturated heterocycles. The fourth-order valence-electron chi connectivity index (χ4n) is 2.48. The number of likely N-dealkylation sites (tertiary alicyclic amines) is 1. The van der Waals surface area contributed by atoms with E-state index < -0.39 is 0 Å². The van der Waals surface area contributed by atoms with Crippen LogP contribution in [-0.2, 0) is 0 Å². The summed E-state index contributed by atoms with van der Waals surface area (Å²) in [7, 11) is 0. The lowest BCUT2D eigenvalue weighted by atomic mass is 10.1. The largest absolute Gasteiger partial charge is 0.396 e. The van der Waals surface area contributed by atoms with Gasteiger partial charge in [-0.15, -0.1) is 0 Å². The summed E-state index contributed by atoms with van der Waals surface area (Å²) < 4.78 is 0. The molecule has 0 aliphatic carbocycles. The lowest BCUT2D eigenvalue weighted by molar-refractivity contribution is 0.294. The summed E-state index contributed by atoms with van der Waals surface area (Å²) >= 11 is 0. The molecule has 1 unspecified atom stereocenters. The fraction of sp³-hybridized carbons (Fsp3) is 0.643. The van der Waals surface area contributed by atoms with Gasteiger partial charge in [0.05, 0.1) is 5.69 Å². The third-order valence-corrected chi connectivity index (χ3v) is 3.44. The Balaban J connectivity index is 1.79. The molecule has 0 radical (unpaired) electrons. The Kier molecular flexibility index (Phi) is 4.42. The van der Waals surface area contributed by atoms with Gasteiger partial charge in [0, 0.05) is 19.3 Å². The quantitative estimate of drug-likeness (QED) is 0.838. The number of hydrogen-bond acceptors (Lipinski definition) is 4. The van der Waals surface area contributed by atoms with Crippen molar-refractivity contribution in [1.29, 1.82) is 0 Å². The molecule has 1 aromatic heterocycles. The highest BCUT2D eigenvalue weighted by Gasteiger charge is 2.14. The van der Waals surface area contributed by atoms with Crippen molar-refractivity contribution in [3.8, 4) is 0 Å². The van der Waals surface area contributed by atoms with Gasteiger partial charge < -0.3 is 16.0 Å². The van der Waals surface area contributed by atoms with Gasteiger partial charge in [0.15, 0.2) is 0 Å². The smallest absolute Gasteiger partial charge is 0.149 e. The second-order valence-corrected chi connectivity index (χ2v) is 5.44. The highest BCUT2D eigenvalue weighted by Crippen LogP contribution is 2.17. The molecule has 3 N–H and O–H groups in total. The molecule has 1 aliphatic rings. The molecule has 18 heavy (non-hydrogen) atoms. The average molecular weight is 248 g/mol. The first-order chi connectivity index (χ1) is 8.65. The van der Waals surface area contributed by atoms with Gasteiger partial charge in [-0.2, -0.15) is 0 Å². The van der Waals surface area contributed by atoms with Crippen LogP contribution >= 0.6 is 0 Å². The monoisotopic (exact) mass is 248 g/mol. The summed E-state index contributed by atoms with van der Waals surface area (Å²) in [6, 6.07) is 1.96. The second kappa shape index (κ2) is 6.05. The molecule has 4 nitrogen and oxygen atoms in total. The fourth-order valence-corrected chi connectivity index (χ4v) is 2.48. The normalized spacial score (nSPS) is 17.9. The highest BCUT2D eigenvalue weighted by atomic mass is 15.1. The first kappa shape index (κ1) is 13.1. The predicted molar refractivity (Wildman–Crippen MR) is 76.7 cm³/mol. The van der Waals surface area contributed by atoms with Gasteiger partial charge in [0.2, 0.25) is 0 Å². The summed E-state index contributed by atoms with van der Waals surface area (Å²) in [4.78, 5) is 6.87. The Labute approximate surface area is 110 Å². The molecule has 100 valence electrons. The van der Waals surface area contributed by atoms with Gasteiger partial charge in [-0.05, 0) is 50.4 Å². The molecule has 0 bridgehead atoms. The van der Waals surface area contributed by atoms with E-state index in [0.29, 0.717) is 5.92 Å². The van der Waals surface area contributed by atoms with E-state index in [1.54, 1.807) is 0 Å². The van der Waals surface area contributed by atoms with Crippen LogP contribution in [0.1, 0.15) is 25.3 Å². The maximum Gasteiger partial charge on any atom is 0.149 e. The standard InChI is InChI=1S/C14H24N4/c1-11-7-13(15)14(16-8-11)17-9-12(2)10-18-5-3-4-6-18/h7-8,12H,3-6,9-10,15H2,1-2H3,(H,16,17). The van der Waals surface area contributed by atoms with Crippen molar-refractivity contribution in [1.82, 2.24) is 9.88 Å². The molecular formula is C14H24N4. The van der Waals surface area contributed by atoms with Gasteiger partial charge in [-0.3, -0.25) is 0 Å². The van der Waals surface area contributed by atoms with E-state index >= 15 is 0 Å². The molecule has 0 spiro atoms. The topological polar surface area (TPSA) is 54.2 Å². The summed E-state index contributed by atoms with van der Waals surface area (Å²) in [6.45, 7) is 8.89. The maximum absolute atomic E-state index is 5.94. The number of rotatable bonds is 5. The molecule has 0 saturated carbocycles. The van der Waals surface area contributed by atoms with E-state index in [1.807, 2.05) is 19.2 Å². The Hall–Kier alpha value is -1.29. The number of nitrogen functional groups attached to an aromatic ring is 1. The first-order valence-electron chi connectivity index (χ1n) is 6.83. The number of pyridine rings is 1. The van der Waals surface area contributed by atoms with Crippen molar-refractivity contribution in [2.24, 2.45) is 5.92 Å². The molecule has 2 rings (SSSR count). The van der Waals surface area contributed by atoms with Crippen LogP contribution in [0.15, 0.2) is 12.3 Å². The van der Waals surface area contributed by atoms with Gasteiger partial charge in [0.25, 0.3) is 0 Å². The zero-order valence-corrected chi connectivity index (χ0v) is 11.4. The van der Waals surface area contributed by atoms with Crippen LogP contribution in [0, 0.1) is 12.8 Å². The predicted octanol–water partition coefficient (Wildman–Crippen LogP) is 2.12. The van der Waals surface area contributed by atoms with Crippen molar-refractivity contribution in [3.05, 3.63) is 17.8 Å². The van der Waals surface area contributed by atoms with Crippen LogP contribution in [0.3, 0.4) is 0 Å². The zero-order chi connectivity index (χ0) is 13.0. The highest BCUT2D eigenvalue weighted by molar-refractivity contribution is 5.61. The van der Waals surface area contributed by atoms with E-state index in [2.05, 4.69) is 22.1 Å². The molecule has 2 heterocycles. The Morgan fingerprint density at radius 3 is 2.83 bits per heavy atom. The van der Waals surface area contributed by atoms with Gasteiger partial charge >= 0.3 is 0 Å². The first-order valence-corrected chi connectivity index (χ1v) is 6.83. The third-order valence-electron chi connectivity index (χ3n) is 3.44. The Morgan fingerprint density at radius 1 is 1.44 bits per heavy atom. The van der Waals surface area contributed by atoms with E-state index in [9.17, 15) is 0 Å². The summed E-state index contributed by atoms with van der Waals surface area (Å²) in [5.74, 6) is 1.43. The SMILES string of the molecule is Cc1cnc(NCC(C)CN2CCCC2)c(N)c1. The van der Waals surface area contributed by atoms with Crippen LogP contribution < -0.4 is 11.1 Å². The second-order valence-electron chi connectivity index (χ2n) is 5.44.